The first-order valence-electron chi connectivity index (χ1n) is 8.43. The van der Waals surface area contributed by atoms with E-state index in [1.165, 1.54) is 58.2 Å². The Bertz CT molecular complexity index is 317. The van der Waals surface area contributed by atoms with E-state index >= 15 is 0 Å². The van der Waals surface area contributed by atoms with E-state index in [4.69, 9.17) is 4.74 Å². The molecule has 0 aromatic heterocycles. The number of hydrogen-bond donors (Lipinski definition) is 1. The maximum atomic E-state index is 6.13. The van der Waals surface area contributed by atoms with Crippen molar-refractivity contribution < 1.29 is 4.74 Å². The number of nitrogens with zero attached hydrogens (tertiary/aromatic N) is 2. The van der Waals surface area contributed by atoms with Crippen molar-refractivity contribution >= 4 is 0 Å². The summed E-state index contributed by atoms with van der Waals surface area (Å²) in [5.41, 5.74) is 0.241. The van der Waals surface area contributed by atoms with Gasteiger partial charge in [0, 0.05) is 44.9 Å². The predicted molar refractivity (Wildman–Crippen MR) is 82.1 cm³/mol. The topological polar surface area (TPSA) is 27.7 Å². The summed E-state index contributed by atoms with van der Waals surface area (Å²) in [7, 11) is 4.50. The van der Waals surface area contributed by atoms with Crippen molar-refractivity contribution in [1.82, 2.24) is 15.1 Å². The molecule has 1 spiro atoms. The molecule has 3 fully saturated rings. The number of rotatable bonds is 3. The van der Waals surface area contributed by atoms with Crippen LogP contribution in [0.3, 0.4) is 0 Å². The highest BCUT2D eigenvalue weighted by atomic mass is 16.5. The molecule has 0 aromatic rings. The second-order valence-corrected chi connectivity index (χ2v) is 7.23. The first-order chi connectivity index (χ1) is 9.67. The number of piperazine rings is 1. The van der Waals surface area contributed by atoms with Crippen molar-refractivity contribution in [3.8, 4) is 0 Å². The Balaban J connectivity index is 1.48. The fourth-order valence-corrected chi connectivity index (χ4v) is 4.19. The molecule has 4 heteroatoms. The van der Waals surface area contributed by atoms with Gasteiger partial charge in [0.05, 0.1) is 5.60 Å². The molecule has 0 aromatic carbocycles. The average molecular weight is 281 g/mol. The smallest absolute Gasteiger partial charge is 0.0697 e. The van der Waals surface area contributed by atoms with Crippen LogP contribution in [0.1, 0.15) is 38.5 Å². The predicted octanol–water partition coefficient (Wildman–Crippen LogP) is 1.31. The maximum absolute atomic E-state index is 6.13. The summed E-state index contributed by atoms with van der Waals surface area (Å²) in [5.74, 6) is 0. The van der Waals surface area contributed by atoms with Crippen LogP contribution in [0.4, 0.5) is 0 Å². The van der Waals surface area contributed by atoms with Gasteiger partial charge in [0.2, 0.25) is 0 Å². The minimum absolute atomic E-state index is 0.241. The summed E-state index contributed by atoms with van der Waals surface area (Å²) in [4.78, 5) is 4.96. The van der Waals surface area contributed by atoms with Gasteiger partial charge in [-0.1, -0.05) is 12.8 Å². The van der Waals surface area contributed by atoms with Crippen LogP contribution in [0.25, 0.3) is 0 Å². The lowest BCUT2D eigenvalue weighted by Gasteiger charge is -2.41. The van der Waals surface area contributed by atoms with E-state index in [1.54, 1.807) is 0 Å². The zero-order valence-corrected chi connectivity index (χ0v) is 13.2. The molecule has 1 aliphatic carbocycles. The van der Waals surface area contributed by atoms with E-state index < -0.39 is 0 Å². The Hall–Kier alpha value is -0.160. The van der Waals surface area contributed by atoms with Crippen LogP contribution in [-0.2, 0) is 4.74 Å². The molecule has 2 unspecified atom stereocenters. The molecule has 0 bridgehead atoms. The van der Waals surface area contributed by atoms with Gasteiger partial charge in [-0.3, -0.25) is 4.90 Å². The number of ether oxygens (including phenoxy) is 1. The Morgan fingerprint density at radius 3 is 2.80 bits per heavy atom. The molecular weight excluding hydrogens is 250 g/mol. The van der Waals surface area contributed by atoms with Crippen molar-refractivity contribution in [3.63, 3.8) is 0 Å². The van der Waals surface area contributed by atoms with E-state index in [2.05, 4.69) is 29.2 Å². The lowest BCUT2D eigenvalue weighted by Crippen LogP contribution is -2.56. The molecule has 116 valence electrons. The Morgan fingerprint density at radius 1 is 1.20 bits per heavy atom. The summed E-state index contributed by atoms with van der Waals surface area (Å²) < 4.78 is 6.13. The standard InChI is InChI=1S/C16H31N3O/c1-18-8-9-19(2)15(13-18)12-17-14-5-10-20-16(11-14)6-3-4-7-16/h14-15,17H,3-13H2,1-2H3. The molecule has 0 amide bonds. The summed E-state index contributed by atoms with van der Waals surface area (Å²) >= 11 is 0. The highest BCUT2D eigenvalue weighted by Gasteiger charge is 2.39. The summed E-state index contributed by atoms with van der Waals surface area (Å²) in [6, 6.07) is 1.33. The molecule has 2 saturated heterocycles. The van der Waals surface area contributed by atoms with E-state index in [1.807, 2.05) is 0 Å². The van der Waals surface area contributed by atoms with Gasteiger partial charge in [-0.2, -0.15) is 0 Å². The van der Waals surface area contributed by atoms with Gasteiger partial charge in [-0.15, -0.1) is 0 Å². The van der Waals surface area contributed by atoms with Crippen LogP contribution in [0.5, 0.6) is 0 Å². The molecule has 1 N–H and O–H groups in total. The normalized spacial score (nSPS) is 35.7. The highest BCUT2D eigenvalue weighted by molar-refractivity contribution is 4.94. The van der Waals surface area contributed by atoms with Crippen LogP contribution in [0.2, 0.25) is 0 Å². The SMILES string of the molecule is CN1CCN(C)C(CNC2CCOC3(CCCC3)C2)C1. The quantitative estimate of drug-likeness (QED) is 0.844. The van der Waals surface area contributed by atoms with Crippen molar-refractivity contribution in [2.24, 2.45) is 0 Å². The molecule has 2 heterocycles. The van der Waals surface area contributed by atoms with Crippen LogP contribution in [0, 0.1) is 0 Å². The number of nitrogens with one attached hydrogen (secondary N) is 1. The third-order valence-electron chi connectivity index (χ3n) is 5.63. The minimum atomic E-state index is 0.241. The molecule has 4 nitrogen and oxygen atoms in total. The summed E-state index contributed by atoms with van der Waals surface area (Å²) in [5, 5.41) is 3.85. The van der Waals surface area contributed by atoms with Crippen LogP contribution in [-0.4, -0.2) is 74.4 Å². The zero-order valence-electron chi connectivity index (χ0n) is 13.2. The van der Waals surface area contributed by atoms with E-state index in [0.717, 1.165) is 13.2 Å². The molecule has 0 radical (unpaired) electrons. The van der Waals surface area contributed by atoms with Crippen LogP contribution < -0.4 is 5.32 Å². The largest absolute Gasteiger partial charge is 0.375 e. The second kappa shape index (κ2) is 6.30. The molecule has 2 atom stereocenters. The highest BCUT2D eigenvalue weighted by Crippen LogP contribution is 2.39. The second-order valence-electron chi connectivity index (χ2n) is 7.23. The Morgan fingerprint density at radius 2 is 2.00 bits per heavy atom. The number of hydrogen-bond acceptors (Lipinski definition) is 4. The van der Waals surface area contributed by atoms with Gasteiger partial charge < -0.3 is 15.0 Å². The fraction of sp³-hybridized carbons (Fsp3) is 1.00. The molecule has 20 heavy (non-hydrogen) atoms. The van der Waals surface area contributed by atoms with E-state index in [-0.39, 0.29) is 5.60 Å². The van der Waals surface area contributed by atoms with E-state index in [0.29, 0.717) is 12.1 Å². The van der Waals surface area contributed by atoms with Gasteiger partial charge in [0.1, 0.15) is 0 Å². The molecular formula is C16H31N3O. The third kappa shape index (κ3) is 3.35. The van der Waals surface area contributed by atoms with E-state index in [9.17, 15) is 0 Å². The molecule has 1 saturated carbocycles. The first kappa shape index (κ1) is 14.8. The maximum Gasteiger partial charge on any atom is 0.0697 e. The van der Waals surface area contributed by atoms with Gasteiger partial charge in [-0.25, -0.2) is 0 Å². The molecule has 3 aliphatic rings. The molecule has 2 aliphatic heterocycles. The third-order valence-corrected chi connectivity index (χ3v) is 5.63. The summed E-state index contributed by atoms with van der Waals surface area (Å²) in [6.07, 6.45) is 7.73. The van der Waals surface area contributed by atoms with Crippen LogP contribution >= 0.6 is 0 Å². The van der Waals surface area contributed by atoms with Crippen molar-refractivity contribution in [3.05, 3.63) is 0 Å². The van der Waals surface area contributed by atoms with Gasteiger partial charge in [-0.05, 0) is 39.8 Å². The first-order valence-corrected chi connectivity index (χ1v) is 8.43. The fourth-order valence-electron chi connectivity index (χ4n) is 4.19. The lowest BCUT2D eigenvalue weighted by atomic mass is 9.89. The van der Waals surface area contributed by atoms with Crippen molar-refractivity contribution in [2.75, 3.05) is 46.9 Å². The van der Waals surface area contributed by atoms with Gasteiger partial charge in [0.25, 0.3) is 0 Å². The van der Waals surface area contributed by atoms with Crippen molar-refractivity contribution in [2.45, 2.75) is 56.2 Å². The zero-order chi connectivity index (χ0) is 14.0. The Labute approximate surface area is 123 Å². The minimum Gasteiger partial charge on any atom is -0.375 e. The lowest BCUT2D eigenvalue weighted by molar-refractivity contribution is -0.0842. The van der Waals surface area contributed by atoms with Crippen molar-refractivity contribution in [1.29, 1.82) is 0 Å². The van der Waals surface area contributed by atoms with Gasteiger partial charge >= 0.3 is 0 Å². The number of likely N-dealkylation sites (N-methyl/N-ethyl adjacent to an activating group) is 2. The monoisotopic (exact) mass is 281 g/mol. The Kier molecular flexibility index (Phi) is 4.65. The van der Waals surface area contributed by atoms with Gasteiger partial charge in [0.15, 0.2) is 0 Å². The van der Waals surface area contributed by atoms with Crippen LogP contribution in [0.15, 0.2) is 0 Å². The average Bonchev–Trinajstić information content (AvgIpc) is 2.88. The molecule has 3 rings (SSSR count). The summed E-state index contributed by atoms with van der Waals surface area (Å²) in [6.45, 7) is 5.67.